The summed E-state index contributed by atoms with van der Waals surface area (Å²) in [4.78, 5) is 21.6. The van der Waals surface area contributed by atoms with Crippen LogP contribution >= 0.6 is 0 Å². The third-order valence-electron chi connectivity index (χ3n) is 2.65. The predicted molar refractivity (Wildman–Crippen MR) is 50.4 cm³/mol. The van der Waals surface area contributed by atoms with Crippen molar-refractivity contribution >= 4 is 11.8 Å². The molecular weight excluding hydrogens is 199 g/mol. The summed E-state index contributed by atoms with van der Waals surface area (Å²) in [5.41, 5.74) is 1.06. The monoisotopic (exact) mass is 208 g/mol. The molecule has 1 aliphatic carbocycles. The van der Waals surface area contributed by atoms with Gasteiger partial charge in [-0.3, -0.25) is 4.79 Å². The molecule has 0 fully saturated rings. The summed E-state index contributed by atoms with van der Waals surface area (Å²) in [6, 6.07) is 2.90. The molecule has 1 aliphatic rings. The second-order valence-electron chi connectivity index (χ2n) is 3.55. The van der Waals surface area contributed by atoms with Crippen molar-refractivity contribution in [1.82, 2.24) is 0 Å². The third-order valence-corrected chi connectivity index (χ3v) is 2.65. The second-order valence-corrected chi connectivity index (χ2v) is 3.55. The Morgan fingerprint density at radius 3 is 2.67 bits per heavy atom. The van der Waals surface area contributed by atoms with E-state index >= 15 is 0 Å². The largest absolute Gasteiger partial charge is 0.475 e. The van der Waals surface area contributed by atoms with Gasteiger partial charge < -0.3 is 5.11 Å². The van der Waals surface area contributed by atoms with Crippen LogP contribution in [0.5, 0.6) is 0 Å². The lowest BCUT2D eigenvalue weighted by atomic mass is 10.0. The lowest BCUT2D eigenvalue weighted by Gasteiger charge is -2.04. The van der Waals surface area contributed by atoms with Crippen LogP contribution in [-0.4, -0.2) is 16.9 Å². The molecule has 0 saturated carbocycles. The summed E-state index contributed by atoms with van der Waals surface area (Å²) >= 11 is 0. The third kappa shape index (κ3) is 1.52. The van der Waals surface area contributed by atoms with Crippen LogP contribution in [0.15, 0.2) is 12.1 Å². The van der Waals surface area contributed by atoms with Gasteiger partial charge in [-0.25, -0.2) is 9.18 Å². The van der Waals surface area contributed by atoms with Gasteiger partial charge in [-0.1, -0.05) is 6.07 Å². The molecule has 1 aromatic carbocycles. The van der Waals surface area contributed by atoms with Crippen LogP contribution in [0.2, 0.25) is 0 Å². The fourth-order valence-corrected chi connectivity index (χ4v) is 1.91. The van der Waals surface area contributed by atoms with Crippen LogP contribution in [0.3, 0.4) is 0 Å². The highest BCUT2D eigenvalue weighted by molar-refractivity contribution is 6.39. The van der Waals surface area contributed by atoms with Crippen molar-refractivity contribution in [1.29, 1.82) is 0 Å². The molecule has 0 spiro atoms. The molecule has 0 aliphatic heterocycles. The van der Waals surface area contributed by atoms with E-state index in [-0.39, 0.29) is 5.56 Å². The topological polar surface area (TPSA) is 54.4 Å². The van der Waals surface area contributed by atoms with Crippen molar-refractivity contribution in [3.63, 3.8) is 0 Å². The molecule has 0 aromatic heterocycles. The normalized spacial score (nSPS) is 13.7. The molecule has 0 saturated heterocycles. The SMILES string of the molecule is O=C(O)C(=O)c1ccc2c(c1F)CCC2. The van der Waals surface area contributed by atoms with Gasteiger partial charge in [-0.2, -0.15) is 0 Å². The van der Waals surface area contributed by atoms with Gasteiger partial charge in [0.1, 0.15) is 5.82 Å². The number of aryl methyl sites for hydroxylation is 1. The van der Waals surface area contributed by atoms with Crippen LogP contribution in [0.4, 0.5) is 4.39 Å². The molecule has 2 rings (SSSR count). The summed E-state index contributed by atoms with van der Waals surface area (Å²) < 4.78 is 13.7. The minimum Gasteiger partial charge on any atom is -0.475 e. The summed E-state index contributed by atoms with van der Waals surface area (Å²) in [7, 11) is 0. The van der Waals surface area contributed by atoms with E-state index in [2.05, 4.69) is 0 Å². The zero-order chi connectivity index (χ0) is 11.0. The Morgan fingerprint density at radius 2 is 2.00 bits per heavy atom. The minimum absolute atomic E-state index is 0.330. The van der Waals surface area contributed by atoms with Gasteiger partial charge in [0.05, 0.1) is 5.56 Å². The molecule has 15 heavy (non-hydrogen) atoms. The molecular formula is C11H9FO3. The van der Waals surface area contributed by atoms with E-state index in [9.17, 15) is 14.0 Å². The highest BCUT2D eigenvalue weighted by Crippen LogP contribution is 2.26. The summed E-state index contributed by atoms with van der Waals surface area (Å²) in [5, 5.41) is 8.49. The van der Waals surface area contributed by atoms with E-state index in [0.29, 0.717) is 12.0 Å². The van der Waals surface area contributed by atoms with Crippen LogP contribution in [0.1, 0.15) is 27.9 Å². The molecule has 0 unspecified atom stereocenters. The maximum Gasteiger partial charge on any atom is 0.377 e. The van der Waals surface area contributed by atoms with E-state index in [1.807, 2.05) is 0 Å². The number of ketones is 1. The number of hydrogen-bond acceptors (Lipinski definition) is 2. The van der Waals surface area contributed by atoms with Gasteiger partial charge in [0.2, 0.25) is 0 Å². The highest BCUT2D eigenvalue weighted by Gasteiger charge is 2.24. The van der Waals surface area contributed by atoms with Crippen molar-refractivity contribution in [2.24, 2.45) is 0 Å². The van der Waals surface area contributed by atoms with Crippen molar-refractivity contribution < 1.29 is 19.1 Å². The maximum absolute atomic E-state index is 13.7. The van der Waals surface area contributed by atoms with Gasteiger partial charge in [0.25, 0.3) is 5.78 Å². The first-order valence-electron chi connectivity index (χ1n) is 4.69. The molecule has 3 nitrogen and oxygen atoms in total. The Morgan fingerprint density at radius 1 is 1.27 bits per heavy atom. The summed E-state index contributed by atoms with van der Waals surface area (Å²) in [5.74, 6) is -3.45. The Bertz CT molecular complexity index is 451. The molecule has 1 N–H and O–H groups in total. The smallest absolute Gasteiger partial charge is 0.377 e. The van der Waals surface area contributed by atoms with E-state index in [0.717, 1.165) is 18.4 Å². The van der Waals surface area contributed by atoms with Crippen molar-refractivity contribution in [3.05, 3.63) is 34.6 Å². The van der Waals surface area contributed by atoms with E-state index in [1.54, 1.807) is 6.07 Å². The second kappa shape index (κ2) is 3.46. The predicted octanol–water partition coefficient (Wildman–Crippen LogP) is 1.58. The van der Waals surface area contributed by atoms with E-state index < -0.39 is 17.6 Å². The zero-order valence-electron chi connectivity index (χ0n) is 7.92. The van der Waals surface area contributed by atoms with Crippen LogP contribution < -0.4 is 0 Å². The maximum atomic E-state index is 13.7. The van der Waals surface area contributed by atoms with Crippen LogP contribution in [0, 0.1) is 5.82 Å². The van der Waals surface area contributed by atoms with Crippen molar-refractivity contribution in [2.75, 3.05) is 0 Å². The number of fused-ring (bicyclic) bond motifs is 1. The molecule has 0 radical (unpaired) electrons. The Hall–Kier alpha value is -1.71. The fourth-order valence-electron chi connectivity index (χ4n) is 1.91. The number of carboxylic acids is 1. The van der Waals surface area contributed by atoms with Crippen molar-refractivity contribution in [3.8, 4) is 0 Å². The molecule has 4 heteroatoms. The lowest BCUT2D eigenvalue weighted by Crippen LogP contribution is -2.15. The van der Waals surface area contributed by atoms with Crippen LogP contribution in [-0.2, 0) is 17.6 Å². The van der Waals surface area contributed by atoms with E-state index in [4.69, 9.17) is 5.11 Å². The first kappa shape index (κ1) is 9.83. The fraction of sp³-hybridized carbons (Fsp3) is 0.273. The van der Waals surface area contributed by atoms with Gasteiger partial charge in [-0.05, 0) is 36.5 Å². The molecule has 0 atom stereocenters. The number of carboxylic acid groups (broad SMARTS) is 1. The zero-order valence-corrected chi connectivity index (χ0v) is 7.92. The van der Waals surface area contributed by atoms with Gasteiger partial charge in [0.15, 0.2) is 0 Å². The van der Waals surface area contributed by atoms with Gasteiger partial charge >= 0.3 is 5.97 Å². The number of carbonyl (C=O) groups excluding carboxylic acids is 1. The van der Waals surface area contributed by atoms with Crippen LogP contribution in [0.25, 0.3) is 0 Å². The average Bonchev–Trinajstić information content (AvgIpc) is 2.66. The average molecular weight is 208 g/mol. The van der Waals surface area contributed by atoms with E-state index in [1.165, 1.54) is 6.07 Å². The number of hydrogen-bond donors (Lipinski definition) is 1. The summed E-state index contributed by atoms with van der Waals surface area (Å²) in [6.45, 7) is 0. The molecule has 1 aromatic rings. The van der Waals surface area contributed by atoms with Crippen molar-refractivity contribution in [2.45, 2.75) is 19.3 Å². The Kier molecular flexibility index (Phi) is 2.26. The Labute approximate surface area is 85.5 Å². The molecule has 0 heterocycles. The number of Topliss-reactive ketones (excluding diaryl/α,β-unsaturated/α-hetero) is 1. The lowest BCUT2D eigenvalue weighted by molar-refractivity contribution is -0.131. The quantitative estimate of drug-likeness (QED) is 0.593. The summed E-state index contributed by atoms with van der Waals surface area (Å²) in [6.07, 6.45) is 2.24. The minimum atomic E-state index is -1.62. The van der Waals surface area contributed by atoms with Gasteiger partial charge in [0, 0.05) is 0 Å². The first-order chi connectivity index (χ1) is 7.11. The van der Waals surface area contributed by atoms with Gasteiger partial charge in [-0.15, -0.1) is 0 Å². The number of benzene rings is 1. The first-order valence-corrected chi connectivity index (χ1v) is 4.69. The standard InChI is InChI=1S/C11H9FO3/c12-9-7-3-1-2-6(7)4-5-8(9)10(13)11(14)15/h4-5H,1-3H2,(H,14,15). The number of aliphatic carboxylic acids is 1. The molecule has 78 valence electrons. The molecule has 0 bridgehead atoms. The highest BCUT2D eigenvalue weighted by atomic mass is 19.1. The number of rotatable bonds is 2. The number of carbonyl (C=O) groups is 2. The Balaban J connectivity index is 2.51. The molecule has 0 amide bonds. The number of halogens is 1.